The number of carboxylic acid groups (broad SMARTS) is 1. The first-order chi connectivity index (χ1) is 10.9. The van der Waals surface area contributed by atoms with Crippen LogP contribution in [-0.4, -0.2) is 49.2 Å². The van der Waals surface area contributed by atoms with Crippen LogP contribution in [0.4, 0.5) is 0 Å². The summed E-state index contributed by atoms with van der Waals surface area (Å²) in [5.41, 5.74) is 0.970. The largest absolute Gasteiger partial charge is 0.493 e. The maximum atomic E-state index is 12.4. The SMILES string of the molecule is CCN(CCC(=O)O)C(=O)C(C)Cc1ccc(OC)c(OC)c1. The standard InChI is InChI=1S/C17H25NO5/c1-5-18(9-8-16(19)20)17(21)12(2)10-13-6-7-14(22-3)15(11-13)23-4/h6-7,11-12H,5,8-10H2,1-4H3,(H,19,20). The summed E-state index contributed by atoms with van der Waals surface area (Å²) in [5.74, 6) is 0.101. The number of hydrogen-bond acceptors (Lipinski definition) is 4. The third-order valence-electron chi connectivity index (χ3n) is 3.70. The molecular weight excluding hydrogens is 298 g/mol. The number of carbonyl (C=O) groups is 2. The van der Waals surface area contributed by atoms with Crippen LogP contribution in [-0.2, 0) is 16.0 Å². The van der Waals surface area contributed by atoms with E-state index in [-0.39, 0.29) is 24.8 Å². The molecule has 1 N–H and O–H groups in total. The van der Waals surface area contributed by atoms with Crippen molar-refractivity contribution in [3.8, 4) is 11.5 Å². The Morgan fingerprint density at radius 3 is 2.39 bits per heavy atom. The molecule has 1 aromatic carbocycles. The lowest BCUT2D eigenvalue weighted by atomic mass is 9.99. The summed E-state index contributed by atoms with van der Waals surface area (Å²) in [6.45, 7) is 4.44. The van der Waals surface area contributed by atoms with Crippen molar-refractivity contribution in [2.45, 2.75) is 26.7 Å². The molecule has 1 atom stereocenters. The van der Waals surface area contributed by atoms with E-state index in [1.165, 1.54) is 0 Å². The summed E-state index contributed by atoms with van der Waals surface area (Å²) in [4.78, 5) is 24.7. The number of benzene rings is 1. The van der Waals surface area contributed by atoms with Gasteiger partial charge < -0.3 is 19.5 Å². The van der Waals surface area contributed by atoms with Crippen molar-refractivity contribution >= 4 is 11.9 Å². The lowest BCUT2D eigenvalue weighted by Gasteiger charge is -2.24. The van der Waals surface area contributed by atoms with E-state index in [0.717, 1.165) is 5.56 Å². The first-order valence-electron chi connectivity index (χ1n) is 7.64. The molecule has 1 unspecified atom stereocenters. The molecule has 0 fully saturated rings. The Hall–Kier alpha value is -2.24. The number of ether oxygens (including phenoxy) is 2. The molecule has 0 bridgehead atoms. The fourth-order valence-electron chi connectivity index (χ4n) is 2.41. The molecular formula is C17H25NO5. The zero-order chi connectivity index (χ0) is 17.4. The van der Waals surface area contributed by atoms with Gasteiger partial charge in [-0.05, 0) is 31.0 Å². The van der Waals surface area contributed by atoms with Crippen molar-refractivity contribution in [2.24, 2.45) is 5.92 Å². The Labute approximate surface area is 137 Å². The van der Waals surface area contributed by atoms with Crippen molar-refractivity contribution in [1.29, 1.82) is 0 Å². The van der Waals surface area contributed by atoms with Gasteiger partial charge in [0.25, 0.3) is 0 Å². The van der Waals surface area contributed by atoms with Crippen molar-refractivity contribution in [3.63, 3.8) is 0 Å². The number of amides is 1. The lowest BCUT2D eigenvalue weighted by molar-refractivity contribution is -0.139. The number of carbonyl (C=O) groups excluding carboxylic acids is 1. The summed E-state index contributed by atoms with van der Waals surface area (Å²) in [7, 11) is 3.15. The predicted molar refractivity (Wildman–Crippen MR) is 86.9 cm³/mol. The third kappa shape index (κ3) is 5.47. The van der Waals surface area contributed by atoms with Crippen LogP contribution < -0.4 is 9.47 Å². The smallest absolute Gasteiger partial charge is 0.305 e. The minimum absolute atomic E-state index is 0.0384. The number of aliphatic carboxylic acids is 1. The molecule has 1 amide bonds. The normalized spacial score (nSPS) is 11.7. The minimum Gasteiger partial charge on any atom is -0.493 e. The second-order valence-electron chi connectivity index (χ2n) is 5.36. The molecule has 1 rings (SSSR count). The summed E-state index contributed by atoms with van der Waals surface area (Å²) in [5, 5.41) is 8.76. The third-order valence-corrected chi connectivity index (χ3v) is 3.70. The molecule has 0 saturated heterocycles. The van der Waals surface area contributed by atoms with E-state index >= 15 is 0 Å². The second kappa shape index (κ2) is 9.02. The van der Waals surface area contributed by atoms with Crippen molar-refractivity contribution < 1.29 is 24.2 Å². The van der Waals surface area contributed by atoms with Gasteiger partial charge in [0.2, 0.25) is 5.91 Å². The molecule has 6 nitrogen and oxygen atoms in total. The number of nitrogens with zero attached hydrogens (tertiary/aromatic N) is 1. The molecule has 0 heterocycles. The van der Waals surface area contributed by atoms with Gasteiger partial charge in [0, 0.05) is 19.0 Å². The molecule has 0 aromatic heterocycles. The van der Waals surface area contributed by atoms with Gasteiger partial charge in [-0.25, -0.2) is 0 Å². The Morgan fingerprint density at radius 2 is 1.87 bits per heavy atom. The highest BCUT2D eigenvalue weighted by atomic mass is 16.5. The fraction of sp³-hybridized carbons (Fsp3) is 0.529. The van der Waals surface area contributed by atoms with Gasteiger partial charge in [-0.2, -0.15) is 0 Å². The summed E-state index contributed by atoms with van der Waals surface area (Å²) in [6.07, 6.45) is 0.519. The average Bonchev–Trinajstić information content (AvgIpc) is 2.54. The zero-order valence-electron chi connectivity index (χ0n) is 14.2. The lowest BCUT2D eigenvalue weighted by Crippen LogP contribution is -2.37. The van der Waals surface area contributed by atoms with Crippen molar-refractivity contribution in [3.05, 3.63) is 23.8 Å². The predicted octanol–water partition coefficient (Wildman–Crippen LogP) is 2.21. The van der Waals surface area contributed by atoms with E-state index in [9.17, 15) is 9.59 Å². The Bertz CT molecular complexity index is 544. The molecule has 6 heteroatoms. The number of carboxylic acids is 1. The summed E-state index contributed by atoms with van der Waals surface area (Å²) >= 11 is 0. The van der Waals surface area contributed by atoms with E-state index in [4.69, 9.17) is 14.6 Å². The van der Waals surface area contributed by atoms with Gasteiger partial charge >= 0.3 is 5.97 Å². The van der Waals surface area contributed by atoms with Gasteiger partial charge in [-0.15, -0.1) is 0 Å². The maximum Gasteiger partial charge on any atom is 0.305 e. The van der Waals surface area contributed by atoms with Crippen LogP contribution in [0.2, 0.25) is 0 Å². The van der Waals surface area contributed by atoms with Crippen LogP contribution in [0.5, 0.6) is 11.5 Å². The molecule has 0 aliphatic rings. The van der Waals surface area contributed by atoms with E-state index < -0.39 is 5.97 Å². The minimum atomic E-state index is -0.899. The Kier molecular flexibility index (Phi) is 7.38. The molecule has 0 spiro atoms. The van der Waals surface area contributed by atoms with Crippen LogP contribution in [0.15, 0.2) is 18.2 Å². The molecule has 0 aliphatic heterocycles. The number of rotatable bonds is 9. The van der Waals surface area contributed by atoms with Gasteiger partial charge in [0.05, 0.1) is 20.6 Å². The van der Waals surface area contributed by atoms with E-state index in [1.807, 2.05) is 32.0 Å². The van der Waals surface area contributed by atoms with E-state index in [2.05, 4.69) is 0 Å². The van der Waals surface area contributed by atoms with E-state index in [1.54, 1.807) is 19.1 Å². The van der Waals surface area contributed by atoms with Gasteiger partial charge in [-0.1, -0.05) is 13.0 Å². The highest BCUT2D eigenvalue weighted by molar-refractivity contribution is 5.79. The number of hydrogen-bond donors (Lipinski definition) is 1. The van der Waals surface area contributed by atoms with Crippen molar-refractivity contribution in [2.75, 3.05) is 27.3 Å². The highest BCUT2D eigenvalue weighted by Gasteiger charge is 2.20. The zero-order valence-corrected chi connectivity index (χ0v) is 14.2. The number of methoxy groups -OCH3 is 2. The van der Waals surface area contributed by atoms with E-state index in [0.29, 0.717) is 24.5 Å². The van der Waals surface area contributed by atoms with Crippen LogP contribution in [0.1, 0.15) is 25.8 Å². The maximum absolute atomic E-state index is 12.4. The molecule has 0 aliphatic carbocycles. The topological polar surface area (TPSA) is 76.1 Å². The monoisotopic (exact) mass is 323 g/mol. The summed E-state index contributed by atoms with van der Waals surface area (Å²) in [6, 6.07) is 5.57. The van der Waals surface area contributed by atoms with Crippen LogP contribution in [0.25, 0.3) is 0 Å². The van der Waals surface area contributed by atoms with Crippen LogP contribution in [0, 0.1) is 5.92 Å². The van der Waals surface area contributed by atoms with Crippen molar-refractivity contribution in [1.82, 2.24) is 4.90 Å². The average molecular weight is 323 g/mol. The van der Waals surface area contributed by atoms with Gasteiger partial charge in [0.1, 0.15) is 0 Å². The molecule has 1 aromatic rings. The molecule has 23 heavy (non-hydrogen) atoms. The highest BCUT2D eigenvalue weighted by Crippen LogP contribution is 2.28. The summed E-state index contributed by atoms with van der Waals surface area (Å²) < 4.78 is 10.5. The van der Waals surface area contributed by atoms with Crippen LogP contribution in [0.3, 0.4) is 0 Å². The quantitative estimate of drug-likeness (QED) is 0.754. The Morgan fingerprint density at radius 1 is 1.22 bits per heavy atom. The second-order valence-corrected chi connectivity index (χ2v) is 5.36. The Balaban J connectivity index is 2.75. The van der Waals surface area contributed by atoms with Gasteiger partial charge in [-0.3, -0.25) is 9.59 Å². The molecule has 0 saturated carbocycles. The molecule has 128 valence electrons. The first-order valence-corrected chi connectivity index (χ1v) is 7.64. The van der Waals surface area contributed by atoms with Gasteiger partial charge in [0.15, 0.2) is 11.5 Å². The molecule has 0 radical (unpaired) electrons. The fourth-order valence-corrected chi connectivity index (χ4v) is 2.41. The first kappa shape index (κ1) is 18.8. The van der Waals surface area contributed by atoms with Crippen LogP contribution >= 0.6 is 0 Å².